The van der Waals surface area contributed by atoms with Crippen LogP contribution in [-0.4, -0.2) is 23.9 Å². The van der Waals surface area contributed by atoms with E-state index in [0.29, 0.717) is 17.1 Å². The number of halogens is 1. The Morgan fingerprint density at radius 3 is 2.73 bits per heavy atom. The number of esters is 1. The number of methoxy groups -OCH3 is 1. The molecule has 0 amide bonds. The van der Waals surface area contributed by atoms with Crippen molar-refractivity contribution >= 4 is 40.4 Å². The van der Waals surface area contributed by atoms with E-state index >= 15 is 0 Å². The second-order valence-corrected chi connectivity index (χ2v) is 7.47. The van der Waals surface area contributed by atoms with Crippen LogP contribution in [0.3, 0.4) is 0 Å². The van der Waals surface area contributed by atoms with Crippen LogP contribution in [0.4, 0.5) is 5.69 Å². The molecule has 0 bridgehead atoms. The number of rotatable bonds is 5. The van der Waals surface area contributed by atoms with E-state index in [0.717, 1.165) is 33.3 Å². The standard InChI is InChI=1S/C25H21ClN2O2/c1-17-22(26)10-6-11-23(17)27-14-20-16-28(24-12-4-3-9-21(20)24)15-18-7-5-8-19(13-18)25(29)30-2/h3-14,16H,15H2,1-2H3. The number of hydrogen-bond acceptors (Lipinski definition) is 3. The van der Waals surface area contributed by atoms with Crippen molar-refractivity contribution in [1.29, 1.82) is 0 Å². The van der Waals surface area contributed by atoms with Gasteiger partial charge in [-0.05, 0) is 48.4 Å². The fraction of sp³-hybridized carbons (Fsp3) is 0.120. The second-order valence-electron chi connectivity index (χ2n) is 7.06. The van der Waals surface area contributed by atoms with Crippen LogP contribution in [0.15, 0.2) is 77.9 Å². The summed E-state index contributed by atoms with van der Waals surface area (Å²) in [6.45, 7) is 2.60. The molecule has 4 aromatic rings. The molecule has 150 valence electrons. The number of carbonyl (C=O) groups excluding carboxylic acids is 1. The number of benzene rings is 3. The Bertz CT molecular complexity index is 1260. The van der Waals surface area contributed by atoms with E-state index in [1.165, 1.54) is 7.11 Å². The fourth-order valence-electron chi connectivity index (χ4n) is 3.50. The van der Waals surface area contributed by atoms with E-state index in [1.807, 2.05) is 61.7 Å². The van der Waals surface area contributed by atoms with Gasteiger partial charge in [0.05, 0.1) is 18.4 Å². The summed E-state index contributed by atoms with van der Waals surface area (Å²) in [5.74, 6) is -0.334. The molecule has 1 heterocycles. The summed E-state index contributed by atoms with van der Waals surface area (Å²) in [5, 5.41) is 1.82. The van der Waals surface area contributed by atoms with E-state index in [9.17, 15) is 4.79 Å². The predicted molar refractivity (Wildman–Crippen MR) is 122 cm³/mol. The average Bonchev–Trinajstić information content (AvgIpc) is 3.12. The zero-order valence-corrected chi connectivity index (χ0v) is 17.6. The van der Waals surface area contributed by atoms with Gasteiger partial charge in [-0.3, -0.25) is 4.99 Å². The van der Waals surface area contributed by atoms with Crippen LogP contribution in [0, 0.1) is 6.92 Å². The zero-order valence-electron chi connectivity index (χ0n) is 16.8. The summed E-state index contributed by atoms with van der Waals surface area (Å²) in [7, 11) is 1.39. The lowest BCUT2D eigenvalue weighted by atomic mass is 10.1. The van der Waals surface area contributed by atoms with Crippen LogP contribution in [0.25, 0.3) is 10.9 Å². The molecule has 0 aliphatic rings. The number of aromatic nitrogens is 1. The van der Waals surface area contributed by atoms with Crippen molar-refractivity contribution in [3.8, 4) is 0 Å². The minimum absolute atomic E-state index is 0.334. The van der Waals surface area contributed by atoms with Crippen LogP contribution in [0.2, 0.25) is 5.02 Å². The minimum atomic E-state index is -0.334. The Morgan fingerprint density at radius 2 is 1.90 bits per heavy atom. The number of ether oxygens (including phenoxy) is 1. The molecule has 3 aromatic carbocycles. The van der Waals surface area contributed by atoms with Gasteiger partial charge in [0.2, 0.25) is 0 Å². The lowest BCUT2D eigenvalue weighted by Crippen LogP contribution is -2.03. The maximum atomic E-state index is 11.9. The SMILES string of the molecule is COC(=O)c1cccc(Cn2cc(C=Nc3cccc(Cl)c3C)c3ccccc32)c1. The van der Waals surface area contributed by atoms with Crippen molar-refractivity contribution in [2.45, 2.75) is 13.5 Å². The van der Waals surface area contributed by atoms with Gasteiger partial charge in [-0.15, -0.1) is 0 Å². The van der Waals surface area contributed by atoms with Crippen molar-refractivity contribution in [3.63, 3.8) is 0 Å². The smallest absolute Gasteiger partial charge is 0.337 e. The van der Waals surface area contributed by atoms with Gasteiger partial charge in [-0.2, -0.15) is 0 Å². The minimum Gasteiger partial charge on any atom is -0.465 e. The van der Waals surface area contributed by atoms with Crippen molar-refractivity contribution in [2.75, 3.05) is 7.11 Å². The first kappa shape index (κ1) is 19.9. The molecule has 5 heteroatoms. The zero-order chi connectivity index (χ0) is 21.1. The average molecular weight is 417 g/mol. The Balaban J connectivity index is 1.70. The van der Waals surface area contributed by atoms with E-state index in [-0.39, 0.29) is 5.97 Å². The van der Waals surface area contributed by atoms with Gasteiger partial charge in [0, 0.05) is 40.4 Å². The molecule has 0 spiro atoms. The van der Waals surface area contributed by atoms with E-state index in [1.54, 1.807) is 6.07 Å². The highest BCUT2D eigenvalue weighted by Gasteiger charge is 2.10. The van der Waals surface area contributed by atoms with Gasteiger partial charge in [0.1, 0.15) is 0 Å². The molecule has 0 saturated heterocycles. The maximum Gasteiger partial charge on any atom is 0.337 e. The first-order valence-corrected chi connectivity index (χ1v) is 9.99. The molecule has 30 heavy (non-hydrogen) atoms. The van der Waals surface area contributed by atoms with E-state index < -0.39 is 0 Å². The maximum absolute atomic E-state index is 11.9. The Hall–Kier alpha value is -3.37. The van der Waals surface area contributed by atoms with Crippen LogP contribution in [0.5, 0.6) is 0 Å². The van der Waals surface area contributed by atoms with Gasteiger partial charge in [-0.25, -0.2) is 4.79 Å². The molecule has 0 fully saturated rings. The number of fused-ring (bicyclic) bond motifs is 1. The Kier molecular flexibility index (Phi) is 5.68. The third-order valence-electron chi connectivity index (χ3n) is 5.10. The molecule has 0 aliphatic heterocycles. The van der Waals surface area contributed by atoms with E-state index in [2.05, 4.69) is 27.9 Å². The molecule has 0 N–H and O–H groups in total. The largest absolute Gasteiger partial charge is 0.465 e. The van der Waals surface area contributed by atoms with Crippen molar-refractivity contribution in [2.24, 2.45) is 4.99 Å². The highest BCUT2D eigenvalue weighted by molar-refractivity contribution is 6.31. The number of aliphatic imine (C=N–C) groups is 1. The number of hydrogen-bond donors (Lipinski definition) is 0. The van der Waals surface area contributed by atoms with Gasteiger partial charge in [0.15, 0.2) is 0 Å². The normalized spacial score (nSPS) is 11.3. The summed E-state index contributed by atoms with van der Waals surface area (Å²) in [5.41, 5.74) is 5.50. The molecule has 0 atom stereocenters. The first-order valence-electron chi connectivity index (χ1n) is 9.61. The molecule has 0 unspecified atom stereocenters. The van der Waals surface area contributed by atoms with Crippen molar-refractivity contribution < 1.29 is 9.53 Å². The monoisotopic (exact) mass is 416 g/mol. The van der Waals surface area contributed by atoms with Crippen LogP contribution in [0.1, 0.15) is 27.0 Å². The quantitative estimate of drug-likeness (QED) is 0.287. The third kappa shape index (κ3) is 4.00. The van der Waals surface area contributed by atoms with Gasteiger partial charge in [-0.1, -0.05) is 48.0 Å². The number of carbonyl (C=O) groups is 1. The Labute approximate surface area is 180 Å². The summed E-state index contributed by atoms with van der Waals surface area (Å²) in [6, 6.07) is 21.4. The highest BCUT2D eigenvalue weighted by atomic mass is 35.5. The summed E-state index contributed by atoms with van der Waals surface area (Å²) in [4.78, 5) is 16.5. The topological polar surface area (TPSA) is 43.6 Å². The van der Waals surface area contributed by atoms with Gasteiger partial charge >= 0.3 is 5.97 Å². The summed E-state index contributed by atoms with van der Waals surface area (Å²) in [6.07, 6.45) is 3.96. The highest BCUT2D eigenvalue weighted by Crippen LogP contribution is 2.27. The van der Waals surface area contributed by atoms with Crippen molar-refractivity contribution in [1.82, 2.24) is 4.57 Å². The molecule has 4 rings (SSSR count). The van der Waals surface area contributed by atoms with Crippen LogP contribution < -0.4 is 0 Å². The molecule has 0 saturated carbocycles. The molecular weight excluding hydrogens is 396 g/mol. The van der Waals surface area contributed by atoms with Gasteiger partial charge in [0.25, 0.3) is 0 Å². The number of para-hydroxylation sites is 1. The van der Waals surface area contributed by atoms with Crippen LogP contribution >= 0.6 is 11.6 Å². The summed E-state index contributed by atoms with van der Waals surface area (Å²) < 4.78 is 7.00. The first-order chi connectivity index (χ1) is 14.6. The lowest BCUT2D eigenvalue weighted by molar-refractivity contribution is 0.0600. The molecule has 1 aromatic heterocycles. The van der Waals surface area contributed by atoms with Crippen molar-refractivity contribution in [3.05, 3.63) is 100 Å². The predicted octanol–water partition coefficient (Wildman–Crippen LogP) is 6.19. The van der Waals surface area contributed by atoms with Crippen LogP contribution in [-0.2, 0) is 11.3 Å². The number of nitrogens with zero attached hydrogens (tertiary/aromatic N) is 2. The van der Waals surface area contributed by atoms with E-state index in [4.69, 9.17) is 16.3 Å². The molecular formula is C25H21ClN2O2. The Morgan fingerprint density at radius 1 is 1.10 bits per heavy atom. The fourth-order valence-corrected chi connectivity index (χ4v) is 3.66. The molecule has 4 nitrogen and oxygen atoms in total. The summed E-state index contributed by atoms with van der Waals surface area (Å²) >= 11 is 6.22. The molecule has 0 radical (unpaired) electrons. The third-order valence-corrected chi connectivity index (χ3v) is 5.51. The molecule has 0 aliphatic carbocycles. The van der Waals surface area contributed by atoms with Gasteiger partial charge < -0.3 is 9.30 Å². The lowest BCUT2D eigenvalue weighted by Gasteiger charge is -2.07. The second kappa shape index (κ2) is 8.56.